The minimum atomic E-state index is -0.512. The molecule has 1 aromatic carbocycles. The maximum absolute atomic E-state index is 13.4. The van der Waals surface area contributed by atoms with Crippen LogP contribution in [0.4, 0.5) is 0 Å². The summed E-state index contributed by atoms with van der Waals surface area (Å²) in [5.41, 5.74) is 1.16. The SMILES string of the molecule is C=CCCC(O)CN(CCOC)CC(=O)N1CCc2sccc2C1COc1ccc(Cl)cc1. The van der Waals surface area contributed by atoms with Crippen LogP contribution in [-0.2, 0) is 16.0 Å². The maximum atomic E-state index is 13.4. The lowest BCUT2D eigenvalue weighted by Gasteiger charge is -2.37. The highest BCUT2D eigenvalue weighted by molar-refractivity contribution is 7.10. The van der Waals surface area contributed by atoms with E-state index in [4.69, 9.17) is 21.1 Å². The first kappa shape index (κ1) is 25.7. The van der Waals surface area contributed by atoms with Gasteiger partial charge >= 0.3 is 0 Å². The molecule has 0 fully saturated rings. The number of halogens is 1. The number of carbonyl (C=O) groups is 1. The van der Waals surface area contributed by atoms with Crippen LogP contribution < -0.4 is 4.74 Å². The van der Waals surface area contributed by atoms with Crippen molar-refractivity contribution in [1.29, 1.82) is 0 Å². The number of rotatable bonds is 13. The summed E-state index contributed by atoms with van der Waals surface area (Å²) in [6.45, 7) is 6.47. The highest BCUT2D eigenvalue weighted by atomic mass is 35.5. The lowest BCUT2D eigenvalue weighted by molar-refractivity contribution is -0.136. The number of aliphatic hydroxyl groups excluding tert-OH is 1. The molecule has 0 radical (unpaired) electrons. The van der Waals surface area contributed by atoms with E-state index in [1.165, 1.54) is 4.88 Å². The van der Waals surface area contributed by atoms with Crippen LogP contribution in [-0.4, -0.2) is 73.4 Å². The van der Waals surface area contributed by atoms with Gasteiger partial charge in [-0.1, -0.05) is 17.7 Å². The van der Waals surface area contributed by atoms with Gasteiger partial charge < -0.3 is 19.5 Å². The van der Waals surface area contributed by atoms with Gasteiger partial charge in [0, 0.05) is 36.6 Å². The van der Waals surface area contributed by atoms with Crippen molar-refractivity contribution in [2.75, 3.05) is 46.5 Å². The Hall–Kier alpha value is -1.90. The van der Waals surface area contributed by atoms with E-state index < -0.39 is 6.10 Å². The molecule has 3 rings (SSSR count). The third-order valence-corrected chi connectivity index (χ3v) is 7.03. The number of allylic oxidation sites excluding steroid dienone is 1. The Morgan fingerprint density at radius 3 is 2.91 bits per heavy atom. The predicted molar refractivity (Wildman–Crippen MR) is 133 cm³/mol. The Morgan fingerprint density at radius 2 is 2.18 bits per heavy atom. The zero-order chi connectivity index (χ0) is 23.6. The number of ether oxygens (including phenoxy) is 2. The van der Waals surface area contributed by atoms with E-state index in [9.17, 15) is 9.90 Å². The number of carbonyl (C=O) groups excluding carboxylic acids is 1. The zero-order valence-corrected chi connectivity index (χ0v) is 20.7. The van der Waals surface area contributed by atoms with E-state index in [2.05, 4.69) is 18.0 Å². The van der Waals surface area contributed by atoms with Crippen LogP contribution in [0, 0.1) is 0 Å². The molecule has 180 valence electrons. The first-order valence-corrected chi connectivity index (χ1v) is 12.5. The van der Waals surface area contributed by atoms with E-state index in [0.717, 1.165) is 24.2 Å². The Labute approximate surface area is 205 Å². The van der Waals surface area contributed by atoms with Gasteiger partial charge in [-0.25, -0.2) is 0 Å². The molecule has 1 N–H and O–H groups in total. The van der Waals surface area contributed by atoms with Crippen molar-refractivity contribution in [2.24, 2.45) is 0 Å². The number of benzene rings is 1. The van der Waals surface area contributed by atoms with Crippen molar-refractivity contribution in [2.45, 2.75) is 31.4 Å². The standard InChI is InChI=1S/C25H33ClN2O4S/c1-3-4-5-20(29)16-27(13-14-31-2)17-25(30)28-12-10-24-22(11-15-33-24)23(28)18-32-21-8-6-19(26)7-9-21/h3,6-9,11,15,20,23,29H,1,4-5,10,12-14,16-18H2,2H3. The Balaban J connectivity index is 1.69. The number of hydrogen-bond acceptors (Lipinski definition) is 6. The number of hydrogen-bond donors (Lipinski definition) is 1. The van der Waals surface area contributed by atoms with E-state index >= 15 is 0 Å². The van der Waals surface area contributed by atoms with Crippen LogP contribution in [0.1, 0.15) is 29.3 Å². The molecule has 1 amide bonds. The minimum Gasteiger partial charge on any atom is -0.491 e. The normalized spacial score (nSPS) is 16.5. The molecular weight excluding hydrogens is 460 g/mol. The molecule has 2 atom stereocenters. The summed E-state index contributed by atoms with van der Waals surface area (Å²) in [6.07, 6.45) is 3.49. The first-order chi connectivity index (χ1) is 16.0. The largest absolute Gasteiger partial charge is 0.491 e. The fourth-order valence-electron chi connectivity index (χ4n) is 4.02. The maximum Gasteiger partial charge on any atom is 0.237 e. The van der Waals surface area contributed by atoms with Crippen LogP contribution in [0.25, 0.3) is 0 Å². The van der Waals surface area contributed by atoms with E-state index in [-0.39, 0.29) is 18.5 Å². The molecule has 1 aliphatic heterocycles. The topological polar surface area (TPSA) is 62.2 Å². The quantitative estimate of drug-likeness (QED) is 0.425. The molecule has 0 bridgehead atoms. The predicted octanol–water partition coefficient (Wildman–Crippen LogP) is 4.18. The van der Waals surface area contributed by atoms with Gasteiger partial charge in [0.15, 0.2) is 0 Å². The third-order valence-electron chi connectivity index (χ3n) is 5.78. The highest BCUT2D eigenvalue weighted by Gasteiger charge is 2.33. The average Bonchev–Trinajstić information content (AvgIpc) is 3.29. The minimum absolute atomic E-state index is 0.0311. The molecule has 1 aromatic heterocycles. The van der Waals surface area contributed by atoms with Gasteiger partial charge in [-0.2, -0.15) is 0 Å². The number of aliphatic hydroxyl groups is 1. The first-order valence-electron chi connectivity index (χ1n) is 11.3. The molecular formula is C25H33ClN2O4S. The van der Waals surface area contributed by atoms with Crippen LogP contribution in [0.2, 0.25) is 5.02 Å². The van der Waals surface area contributed by atoms with Gasteiger partial charge in [0.25, 0.3) is 0 Å². The summed E-state index contributed by atoms with van der Waals surface area (Å²) in [7, 11) is 1.64. The van der Waals surface area contributed by atoms with Gasteiger partial charge in [-0.15, -0.1) is 17.9 Å². The number of amides is 1. The van der Waals surface area contributed by atoms with Crippen molar-refractivity contribution < 1.29 is 19.4 Å². The summed E-state index contributed by atoms with van der Waals surface area (Å²) in [5.74, 6) is 0.754. The van der Waals surface area contributed by atoms with Crippen LogP contribution in [0.15, 0.2) is 48.4 Å². The molecule has 2 unspecified atom stereocenters. The summed E-state index contributed by atoms with van der Waals surface area (Å²) in [4.78, 5) is 18.6. The van der Waals surface area contributed by atoms with Crippen molar-refractivity contribution in [3.05, 3.63) is 63.8 Å². The van der Waals surface area contributed by atoms with Crippen LogP contribution in [0.5, 0.6) is 5.75 Å². The molecule has 0 aliphatic carbocycles. The molecule has 0 spiro atoms. The average molecular weight is 493 g/mol. The number of thiophene rings is 1. The second-order valence-corrected chi connectivity index (χ2v) is 9.60. The Bertz CT molecular complexity index is 889. The van der Waals surface area contributed by atoms with E-state index in [0.29, 0.717) is 44.3 Å². The van der Waals surface area contributed by atoms with Gasteiger partial charge in [-0.05, 0) is 60.5 Å². The van der Waals surface area contributed by atoms with E-state index in [1.807, 2.05) is 21.9 Å². The Kier molecular flexibility index (Phi) is 10.2. The number of fused-ring (bicyclic) bond motifs is 1. The monoisotopic (exact) mass is 492 g/mol. The summed E-state index contributed by atoms with van der Waals surface area (Å²) < 4.78 is 11.3. The van der Waals surface area contributed by atoms with Gasteiger partial charge in [0.2, 0.25) is 5.91 Å². The summed E-state index contributed by atoms with van der Waals surface area (Å²) >= 11 is 7.71. The van der Waals surface area contributed by atoms with E-state index in [1.54, 1.807) is 36.7 Å². The molecule has 6 nitrogen and oxygen atoms in total. The third kappa shape index (κ3) is 7.55. The summed E-state index contributed by atoms with van der Waals surface area (Å²) in [6, 6.07) is 9.20. The van der Waals surface area contributed by atoms with Crippen molar-refractivity contribution >= 4 is 28.8 Å². The second-order valence-electron chi connectivity index (χ2n) is 8.16. The molecule has 33 heavy (non-hydrogen) atoms. The lowest BCUT2D eigenvalue weighted by Crippen LogP contribution is -2.48. The molecule has 8 heteroatoms. The van der Waals surface area contributed by atoms with Gasteiger partial charge in [0.1, 0.15) is 12.4 Å². The molecule has 2 aromatic rings. The fourth-order valence-corrected chi connectivity index (χ4v) is 5.07. The van der Waals surface area contributed by atoms with Gasteiger partial charge in [0.05, 0.1) is 25.3 Å². The molecule has 1 aliphatic rings. The smallest absolute Gasteiger partial charge is 0.237 e. The molecule has 0 saturated carbocycles. The summed E-state index contributed by atoms with van der Waals surface area (Å²) in [5, 5.41) is 13.1. The second kappa shape index (κ2) is 13.1. The van der Waals surface area contributed by atoms with Crippen LogP contribution in [0.3, 0.4) is 0 Å². The molecule has 0 saturated heterocycles. The van der Waals surface area contributed by atoms with Crippen molar-refractivity contribution in [3.8, 4) is 5.75 Å². The van der Waals surface area contributed by atoms with Gasteiger partial charge in [-0.3, -0.25) is 9.69 Å². The fraction of sp³-hybridized carbons (Fsp3) is 0.480. The van der Waals surface area contributed by atoms with Crippen LogP contribution >= 0.6 is 22.9 Å². The van der Waals surface area contributed by atoms with Crippen molar-refractivity contribution in [3.63, 3.8) is 0 Å². The number of methoxy groups -OCH3 is 1. The van der Waals surface area contributed by atoms with Crippen molar-refractivity contribution in [1.82, 2.24) is 9.80 Å². The number of nitrogens with zero attached hydrogens (tertiary/aromatic N) is 2. The molecule has 2 heterocycles. The highest BCUT2D eigenvalue weighted by Crippen LogP contribution is 2.34. The Morgan fingerprint density at radius 1 is 1.39 bits per heavy atom. The zero-order valence-electron chi connectivity index (χ0n) is 19.1. The lowest BCUT2D eigenvalue weighted by atomic mass is 10.0.